The van der Waals surface area contributed by atoms with Crippen LogP contribution in [0, 0.1) is 13.8 Å². The van der Waals surface area contributed by atoms with Crippen molar-refractivity contribution in [1.29, 1.82) is 0 Å². The van der Waals surface area contributed by atoms with Crippen LogP contribution in [0.3, 0.4) is 0 Å². The largest absolute Gasteiger partial charge is 0.375 e. The second-order valence-electron chi connectivity index (χ2n) is 5.60. The summed E-state index contributed by atoms with van der Waals surface area (Å²) in [5.41, 5.74) is 3.60. The number of hydrogen-bond donors (Lipinski definition) is 2. The molecule has 0 bridgehead atoms. The van der Waals surface area contributed by atoms with Crippen LogP contribution in [0.2, 0.25) is 0 Å². The Balaban J connectivity index is 0.00000220. The van der Waals surface area contributed by atoms with E-state index < -0.39 is 0 Å². The van der Waals surface area contributed by atoms with Gasteiger partial charge >= 0.3 is 0 Å². The highest BCUT2D eigenvalue weighted by atomic mass is 35.5. The van der Waals surface area contributed by atoms with Gasteiger partial charge in [0.1, 0.15) is 6.04 Å². The summed E-state index contributed by atoms with van der Waals surface area (Å²) in [7, 11) is 0. The minimum atomic E-state index is -0.267. The SMILES string of the molecule is Cc1ccc(C(C)NC(=O)[C@H]2NCCO[C@@H]2C)c(C)c1.Cl. The van der Waals surface area contributed by atoms with Crippen LogP contribution in [0.15, 0.2) is 18.2 Å². The van der Waals surface area contributed by atoms with Crippen LogP contribution < -0.4 is 10.6 Å². The molecule has 1 fully saturated rings. The van der Waals surface area contributed by atoms with E-state index >= 15 is 0 Å². The molecule has 0 radical (unpaired) electrons. The van der Waals surface area contributed by atoms with E-state index in [1.54, 1.807) is 0 Å². The molecule has 118 valence electrons. The average molecular weight is 313 g/mol. The summed E-state index contributed by atoms with van der Waals surface area (Å²) in [6.07, 6.45) is -0.0879. The Morgan fingerprint density at radius 2 is 2.14 bits per heavy atom. The number of amides is 1. The first-order valence-corrected chi connectivity index (χ1v) is 7.21. The lowest BCUT2D eigenvalue weighted by molar-refractivity contribution is -0.129. The highest BCUT2D eigenvalue weighted by molar-refractivity contribution is 5.85. The molecule has 0 saturated carbocycles. The number of morpholine rings is 1. The molecule has 0 aliphatic carbocycles. The summed E-state index contributed by atoms with van der Waals surface area (Å²) < 4.78 is 5.51. The average Bonchev–Trinajstić information content (AvgIpc) is 2.38. The molecule has 1 aromatic rings. The first-order valence-electron chi connectivity index (χ1n) is 7.21. The lowest BCUT2D eigenvalue weighted by Crippen LogP contribution is -2.55. The molecule has 0 spiro atoms. The number of carbonyl (C=O) groups excluding carboxylic acids is 1. The number of ether oxygens (including phenoxy) is 1. The summed E-state index contributed by atoms with van der Waals surface area (Å²) in [6, 6.07) is 6.04. The van der Waals surface area contributed by atoms with Crippen LogP contribution in [0.25, 0.3) is 0 Å². The van der Waals surface area contributed by atoms with Crippen LogP contribution in [-0.2, 0) is 9.53 Å². The topological polar surface area (TPSA) is 50.4 Å². The number of rotatable bonds is 3. The third-order valence-electron chi connectivity index (χ3n) is 3.85. The summed E-state index contributed by atoms with van der Waals surface area (Å²) >= 11 is 0. The van der Waals surface area contributed by atoms with Gasteiger partial charge in [0, 0.05) is 6.54 Å². The Kier molecular flexibility index (Phi) is 6.65. The third-order valence-corrected chi connectivity index (χ3v) is 3.85. The van der Waals surface area contributed by atoms with Gasteiger partial charge in [-0.05, 0) is 38.8 Å². The molecule has 0 aromatic heterocycles. The Bertz CT molecular complexity index is 493. The zero-order chi connectivity index (χ0) is 14.7. The fraction of sp³-hybridized carbons (Fsp3) is 0.562. The molecule has 1 saturated heterocycles. The Morgan fingerprint density at radius 3 is 2.76 bits per heavy atom. The summed E-state index contributed by atoms with van der Waals surface area (Å²) in [6.45, 7) is 9.49. The van der Waals surface area contributed by atoms with Gasteiger partial charge in [-0.25, -0.2) is 0 Å². The quantitative estimate of drug-likeness (QED) is 0.900. The van der Waals surface area contributed by atoms with E-state index in [4.69, 9.17) is 4.74 Å². The molecule has 2 rings (SSSR count). The van der Waals surface area contributed by atoms with E-state index in [-0.39, 0.29) is 36.5 Å². The van der Waals surface area contributed by atoms with Gasteiger partial charge in [-0.15, -0.1) is 12.4 Å². The normalized spacial score (nSPS) is 23.0. The van der Waals surface area contributed by atoms with Crippen LogP contribution in [-0.4, -0.2) is 31.2 Å². The van der Waals surface area contributed by atoms with Crippen LogP contribution in [0.5, 0.6) is 0 Å². The lowest BCUT2D eigenvalue weighted by atomic mass is 9.99. The van der Waals surface area contributed by atoms with Gasteiger partial charge in [-0.3, -0.25) is 4.79 Å². The van der Waals surface area contributed by atoms with Crippen molar-refractivity contribution >= 4 is 18.3 Å². The minimum Gasteiger partial charge on any atom is -0.375 e. The molecule has 2 N–H and O–H groups in total. The first-order chi connectivity index (χ1) is 9.49. The Hall–Kier alpha value is -1.10. The van der Waals surface area contributed by atoms with Gasteiger partial charge in [0.2, 0.25) is 5.91 Å². The minimum absolute atomic E-state index is 0. The zero-order valence-corrected chi connectivity index (χ0v) is 13.9. The molecule has 3 atom stereocenters. The van der Waals surface area contributed by atoms with Crippen LogP contribution >= 0.6 is 12.4 Å². The predicted octanol–water partition coefficient (Wildman–Crippen LogP) is 2.28. The van der Waals surface area contributed by atoms with Crippen molar-refractivity contribution in [3.8, 4) is 0 Å². The fourth-order valence-corrected chi connectivity index (χ4v) is 2.72. The maximum Gasteiger partial charge on any atom is 0.240 e. The van der Waals surface area contributed by atoms with E-state index in [9.17, 15) is 4.79 Å². The van der Waals surface area contributed by atoms with E-state index in [0.717, 1.165) is 12.1 Å². The standard InChI is InChI=1S/C16H24N2O2.ClH/c1-10-5-6-14(11(2)9-10)12(3)18-16(19)15-13(4)20-8-7-17-15;/h5-6,9,12-13,15,17H,7-8H2,1-4H3,(H,18,19);1H/t12?,13-,15+;/m1./s1. The maximum atomic E-state index is 12.3. The highest BCUT2D eigenvalue weighted by Gasteiger charge is 2.29. The zero-order valence-electron chi connectivity index (χ0n) is 13.1. The van der Waals surface area contributed by atoms with Crippen molar-refractivity contribution < 1.29 is 9.53 Å². The van der Waals surface area contributed by atoms with Crippen LogP contribution in [0.4, 0.5) is 0 Å². The lowest BCUT2D eigenvalue weighted by Gasteiger charge is -2.30. The second-order valence-corrected chi connectivity index (χ2v) is 5.60. The molecule has 1 aliphatic heterocycles. The van der Waals surface area contributed by atoms with Gasteiger partial charge < -0.3 is 15.4 Å². The van der Waals surface area contributed by atoms with E-state index in [0.29, 0.717) is 6.61 Å². The monoisotopic (exact) mass is 312 g/mol. The van der Waals surface area contributed by atoms with Crippen molar-refractivity contribution in [2.24, 2.45) is 0 Å². The highest BCUT2D eigenvalue weighted by Crippen LogP contribution is 2.19. The smallest absolute Gasteiger partial charge is 0.240 e. The van der Waals surface area contributed by atoms with Gasteiger partial charge in [0.15, 0.2) is 0 Å². The van der Waals surface area contributed by atoms with E-state index in [1.165, 1.54) is 11.1 Å². The molecule has 4 nitrogen and oxygen atoms in total. The molecular formula is C16H25ClN2O2. The second kappa shape index (κ2) is 7.78. The Morgan fingerprint density at radius 1 is 1.43 bits per heavy atom. The van der Waals surface area contributed by atoms with Crippen molar-refractivity contribution in [3.63, 3.8) is 0 Å². The summed E-state index contributed by atoms with van der Waals surface area (Å²) in [5.74, 6) is 0.00433. The first kappa shape index (κ1) is 18.0. The maximum absolute atomic E-state index is 12.3. The molecule has 1 unspecified atom stereocenters. The van der Waals surface area contributed by atoms with Crippen LogP contribution in [0.1, 0.15) is 36.6 Å². The molecule has 1 heterocycles. The van der Waals surface area contributed by atoms with Crippen molar-refractivity contribution in [2.75, 3.05) is 13.2 Å². The number of hydrogen-bond acceptors (Lipinski definition) is 3. The number of nitrogens with one attached hydrogen (secondary N) is 2. The molecule has 21 heavy (non-hydrogen) atoms. The van der Waals surface area contributed by atoms with E-state index in [2.05, 4.69) is 42.7 Å². The van der Waals surface area contributed by atoms with Crippen molar-refractivity contribution in [1.82, 2.24) is 10.6 Å². The number of carbonyl (C=O) groups is 1. The van der Waals surface area contributed by atoms with Crippen molar-refractivity contribution in [3.05, 3.63) is 34.9 Å². The molecule has 1 aromatic carbocycles. The third kappa shape index (κ3) is 4.43. The predicted molar refractivity (Wildman–Crippen MR) is 86.9 cm³/mol. The summed E-state index contributed by atoms with van der Waals surface area (Å²) in [5, 5.41) is 6.29. The van der Waals surface area contributed by atoms with Gasteiger partial charge in [-0.1, -0.05) is 23.8 Å². The van der Waals surface area contributed by atoms with Gasteiger partial charge in [-0.2, -0.15) is 0 Å². The number of benzene rings is 1. The Labute approximate surface area is 133 Å². The van der Waals surface area contributed by atoms with E-state index in [1.807, 2.05) is 13.8 Å². The molecule has 1 amide bonds. The van der Waals surface area contributed by atoms with Crippen molar-refractivity contribution in [2.45, 2.75) is 45.9 Å². The molecule has 1 aliphatic rings. The number of aryl methyl sites for hydroxylation is 2. The van der Waals surface area contributed by atoms with Gasteiger partial charge in [0.05, 0.1) is 18.8 Å². The number of halogens is 1. The fourth-order valence-electron chi connectivity index (χ4n) is 2.72. The molecule has 5 heteroatoms. The summed E-state index contributed by atoms with van der Waals surface area (Å²) in [4.78, 5) is 12.3. The molecular weight excluding hydrogens is 288 g/mol. The van der Waals surface area contributed by atoms with Gasteiger partial charge in [0.25, 0.3) is 0 Å².